The van der Waals surface area contributed by atoms with Crippen LogP contribution in [0.15, 0.2) is 36.4 Å². The largest absolute Gasteiger partial charge is 0.508 e. The maximum absolute atomic E-state index is 8.67. The molecule has 0 amide bonds. The number of aryl methyl sites for hydroxylation is 3. The molecular formula is C15H18O3. The number of phenols is 3. The highest BCUT2D eigenvalue weighted by Gasteiger charge is 1.94. The van der Waals surface area contributed by atoms with Crippen LogP contribution in [-0.2, 0) is 0 Å². The molecule has 0 aliphatic carbocycles. The van der Waals surface area contributed by atoms with Gasteiger partial charge in [-0.2, -0.15) is 0 Å². The molecule has 0 bridgehead atoms. The lowest BCUT2D eigenvalue weighted by molar-refractivity contribution is 0.428. The molecule has 0 heterocycles. The molecule has 0 radical (unpaired) electrons. The molecule has 2 rings (SSSR count). The molecule has 18 heavy (non-hydrogen) atoms. The molecule has 0 unspecified atom stereocenters. The van der Waals surface area contributed by atoms with Crippen LogP contribution in [-0.4, -0.2) is 15.3 Å². The molecule has 3 nitrogen and oxygen atoms in total. The van der Waals surface area contributed by atoms with Crippen molar-refractivity contribution in [3.63, 3.8) is 0 Å². The van der Waals surface area contributed by atoms with Crippen molar-refractivity contribution in [3.8, 4) is 17.2 Å². The van der Waals surface area contributed by atoms with E-state index in [4.69, 9.17) is 15.3 Å². The molecule has 3 heteroatoms. The van der Waals surface area contributed by atoms with Gasteiger partial charge in [-0.1, -0.05) is 34.9 Å². The third-order valence-corrected chi connectivity index (χ3v) is 2.25. The molecule has 0 aliphatic heterocycles. The van der Waals surface area contributed by atoms with Crippen LogP contribution >= 0.6 is 0 Å². The van der Waals surface area contributed by atoms with Crippen LogP contribution in [0.1, 0.15) is 16.7 Å². The normalized spacial score (nSPS) is 9.50. The van der Waals surface area contributed by atoms with Crippen molar-refractivity contribution in [3.05, 3.63) is 53.1 Å². The van der Waals surface area contributed by atoms with Crippen molar-refractivity contribution >= 4 is 0 Å². The Morgan fingerprint density at radius 2 is 0.722 bits per heavy atom. The minimum Gasteiger partial charge on any atom is -0.508 e. The smallest absolute Gasteiger partial charge is 0.122 e. The lowest BCUT2D eigenvalue weighted by atomic mass is 10.1. The first kappa shape index (κ1) is 13.9. The standard InChI is InChI=1S/C9H12.C6H6O3/c1-7-4-8(2)6-9(3)5-7;7-4-1-5(8)3-6(9)2-4/h4-6H,1-3H3;1-3,7-9H. The van der Waals surface area contributed by atoms with E-state index in [0.717, 1.165) is 18.2 Å². The quantitative estimate of drug-likeness (QED) is 0.667. The van der Waals surface area contributed by atoms with Crippen LogP contribution in [0.25, 0.3) is 0 Å². The monoisotopic (exact) mass is 246 g/mol. The maximum atomic E-state index is 8.67. The second-order valence-electron chi connectivity index (χ2n) is 4.37. The van der Waals surface area contributed by atoms with Crippen LogP contribution in [0.4, 0.5) is 0 Å². The number of rotatable bonds is 0. The number of hydrogen-bond acceptors (Lipinski definition) is 3. The second kappa shape index (κ2) is 5.96. The van der Waals surface area contributed by atoms with Crippen molar-refractivity contribution in [2.24, 2.45) is 0 Å². The molecule has 0 saturated heterocycles. The topological polar surface area (TPSA) is 60.7 Å². The van der Waals surface area contributed by atoms with Crippen molar-refractivity contribution in [2.75, 3.05) is 0 Å². The summed E-state index contributed by atoms with van der Waals surface area (Å²) in [5.41, 5.74) is 4.06. The van der Waals surface area contributed by atoms with Crippen molar-refractivity contribution < 1.29 is 15.3 Å². The van der Waals surface area contributed by atoms with E-state index in [0.29, 0.717) is 0 Å². The Morgan fingerprint density at radius 1 is 0.500 bits per heavy atom. The summed E-state index contributed by atoms with van der Waals surface area (Å²) < 4.78 is 0. The Kier molecular flexibility index (Phi) is 4.60. The zero-order valence-electron chi connectivity index (χ0n) is 10.8. The number of aromatic hydroxyl groups is 3. The number of benzene rings is 2. The Morgan fingerprint density at radius 3 is 0.944 bits per heavy atom. The fourth-order valence-corrected chi connectivity index (χ4v) is 1.78. The zero-order chi connectivity index (χ0) is 13.7. The van der Waals surface area contributed by atoms with E-state index < -0.39 is 0 Å². The lowest BCUT2D eigenvalue weighted by Crippen LogP contribution is -1.78. The SMILES string of the molecule is Cc1cc(C)cc(C)c1.Oc1cc(O)cc(O)c1. The van der Waals surface area contributed by atoms with E-state index in [9.17, 15) is 0 Å². The van der Waals surface area contributed by atoms with Gasteiger partial charge < -0.3 is 15.3 Å². The summed E-state index contributed by atoms with van der Waals surface area (Å²) in [5, 5.41) is 26.0. The predicted molar refractivity (Wildman–Crippen MR) is 72.1 cm³/mol. The van der Waals surface area contributed by atoms with Gasteiger partial charge in [-0.15, -0.1) is 0 Å². The minimum atomic E-state index is -0.146. The van der Waals surface area contributed by atoms with Gasteiger partial charge in [0, 0.05) is 18.2 Å². The van der Waals surface area contributed by atoms with E-state index in [1.165, 1.54) is 16.7 Å². The third kappa shape index (κ3) is 4.78. The second-order valence-corrected chi connectivity index (χ2v) is 4.37. The van der Waals surface area contributed by atoms with E-state index >= 15 is 0 Å². The molecule has 0 fully saturated rings. The van der Waals surface area contributed by atoms with Crippen molar-refractivity contribution in [1.82, 2.24) is 0 Å². The summed E-state index contributed by atoms with van der Waals surface area (Å²) in [5.74, 6) is -0.437. The molecule has 0 aromatic heterocycles. The molecule has 0 atom stereocenters. The summed E-state index contributed by atoms with van der Waals surface area (Å²) >= 11 is 0. The van der Waals surface area contributed by atoms with E-state index in [2.05, 4.69) is 39.0 Å². The Bertz CT molecular complexity index is 383. The van der Waals surface area contributed by atoms with E-state index in [1.807, 2.05) is 0 Å². The first-order chi connectivity index (χ1) is 8.36. The van der Waals surface area contributed by atoms with Gasteiger partial charge in [0.25, 0.3) is 0 Å². The Balaban J connectivity index is 0.000000180. The minimum absolute atomic E-state index is 0.146. The molecule has 0 aliphatic rings. The summed E-state index contributed by atoms with van der Waals surface area (Å²) in [6.07, 6.45) is 0. The Labute approximate surface area is 107 Å². The van der Waals surface area contributed by atoms with Gasteiger partial charge in [0.2, 0.25) is 0 Å². The zero-order valence-corrected chi connectivity index (χ0v) is 10.8. The summed E-state index contributed by atoms with van der Waals surface area (Å²) in [7, 11) is 0. The van der Waals surface area contributed by atoms with Crippen LogP contribution < -0.4 is 0 Å². The van der Waals surface area contributed by atoms with E-state index in [1.54, 1.807) is 0 Å². The van der Waals surface area contributed by atoms with Gasteiger partial charge in [-0.3, -0.25) is 0 Å². The summed E-state index contributed by atoms with van der Waals surface area (Å²) in [4.78, 5) is 0. The van der Waals surface area contributed by atoms with Gasteiger partial charge in [0.1, 0.15) is 17.2 Å². The Hall–Kier alpha value is -2.16. The number of phenolic OH excluding ortho intramolecular Hbond substituents is 3. The molecule has 2 aromatic carbocycles. The molecular weight excluding hydrogens is 228 g/mol. The van der Waals surface area contributed by atoms with Gasteiger partial charge in [-0.25, -0.2) is 0 Å². The number of hydrogen-bond donors (Lipinski definition) is 3. The van der Waals surface area contributed by atoms with Crippen LogP contribution in [0.2, 0.25) is 0 Å². The molecule has 2 aromatic rings. The van der Waals surface area contributed by atoms with Crippen molar-refractivity contribution in [2.45, 2.75) is 20.8 Å². The van der Waals surface area contributed by atoms with Crippen LogP contribution in [0.5, 0.6) is 17.2 Å². The van der Waals surface area contributed by atoms with Crippen LogP contribution in [0.3, 0.4) is 0 Å². The molecule has 0 saturated carbocycles. The fraction of sp³-hybridized carbons (Fsp3) is 0.200. The summed E-state index contributed by atoms with van der Waals surface area (Å²) in [6.45, 7) is 6.38. The van der Waals surface area contributed by atoms with Gasteiger partial charge in [0.05, 0.1) is 0 Å². The lowest BCUT2D eigenvalue weighted by Gasteiger charge is -1.96. The van der Waals surface area contributed by atoms with E-state index in [-0.39, 0.29) is 17.2 Å². The first-order valence-corrected chi connectivity index (χ1v) is 5.63. The highest BCUT2D eigenvalue weighted by atomic mass is 16.3. The third-order valence-electron chi connectivity index (χ3n) is 2.25. The molecule has 96 valence electrons. The predicted octanol–water partition coefficient (Wildman–Crippen LogP) is 3.42. The fourth-order valence-electron chi connectivity index (χ4n) is 1.78. The molecule has 0 spiro atoms. The molecule has 3 N–H and O–H groups in total. The average Bonchev–Trinajstić information content (AvgIpc) is 2.12. The maximum Gasteiger partial charge on any atom is 0.122 e. The highest BCUT2D eigenvalue weighted by Crippen LogP contribution is 2.23. The highest BCUT2D eigenvalue weighted by molar-refractivity contribution is 5.39. The van der Waals surface area contributed by atoms with Gasteiger partial charge >= 0.3 is 0 Å². The van der Waals surface area contributed by atoms with Crippen molar-refractivity contribution in [1.29, 1.82) is 0 Å². The van der Waals surface area contributed by atoms with Crippen LogP contribution in [0, 0.1) is 20.8 Å². The van der Waals surface area contributed by atoms with Gasteiger partial charge in [0.15, 0.2) is 0 Å². The summed E-state index contributed by atoms with van der Waals surface area (Å²) in [6, 6.07) is 9.98. The first-order valence-electron chi connectivity index (χ1n) is 5.63. The van der Waals surface area contributed by atoms with Gasteiger partial charge in [-0.05, 0) is 20.8 Å². The average molecular weight is 246 g/mol.